The van der Waals surface area contributed by atoms with E-state index in [0.717, 1.165) is 79.2 Å². The number of hydrogen-bond acceptors (Lipinski definition) is 5. The highest BCUT2D eigenvalue weighted by atomic mass is 35.5. The van der Waals surface area contributed by atoms with Crippen molar-refractivity contribution in [3.05, 3.63) is 88.7 Å². The zero-order valence-electron chi connectivity index (χ0n) is 19.0. The van der Waals surface area contributed by atoms with Crippen molar-refractivity contribution >= 4 is 22.6 Å². The molecule has 1 fully saturated rings. The molecular formula is C27H27ClN4O2. The second kappa shape index (κ2) is 9.29. The van der Waals surface area contributed by atoms with E-state index in [1.54, 1.807) is 0 Å². The fourth-order valence-electron chi connectivity index (χ4n) is 4.82. The number of benzene rings is 3. The largest absolute Gasteiger partial charge is 0.454 e. The lowest BCUT2D eigenvalue weighted by atomic mass is 10.1. The Morgan fingerprint density at radius 1 is 0.765 bits per heavy atom. The van der Waals surface area contributed by atoms with Crippen molar-refractivity contribution in [3.8, 4) is 11.5 Å². The smallest absolute Gasteiger partial charge is 0.231 e. The minimum Gasteiger partial charge on any atom is -0.454 e. The van der Waals surface area contributed by atoms with E-state index in [-0.39, 0.29) is 6.79 Å². The summed E-state index contributed by atoms with van der Waals surface area (Å²) in [6, 6.07) is 22.9. The van der Waals surface area contributed by atoms with Crippen molar-refractivity contribution in [3.63, 3.8) is 0 Å². The summed E-state index contributed by atoms with van der Waals surface area (Å²) in [6.07, 6.45) is 0. The highest BCUT2D eigenvalue weighted by Gasteiger charge is 2.22. The third-order valence-electron chi connectivity index (χ3n) is 6.68. The molecule has 1 saturated heterocycles. The summed E-state index contributed by atoms with van der Waals surface area (Å²) in [5.41, 5.74) is 4.63. The van der Waals surface area contributed by atoms with E-state index in [0.29, 0.717) is 0 Å². The predicted molar refractivity (Wildman–Crippen MR) is 133 cm³/mol. The average Bonchev–Trinajstić information content (AvgIpc) is 3.45. The number of nitrogens with zero attached hydrogens (tertiary/aromatic N) is 4. The third-order valence-corrected chi connectivity index (χ3v) is 7.03. The third kappa shape index (κ3) is 4.37. The molecule has 0 unspecified atom stereocenters. The zero-order valence-corrected chi connectivity index (χ0v) is 19.7. The first kappa shape index (κ1) is 21.5. The second-order valence-corrected chi connectivity index (χ2v) is 9.34. The number of ether oxygens (including phenoxy) is 2. The molecule has 2 aliphatic heterocycles. The van der Waals surface area contributed by atoms with Crippen LogP contribution in [0.2, 0.25) is 5.02 Å². The molecule has 3 heterocycles. The van der Waals surface area contributed by atoms with Gasteiger partial charge < -0.3 is 14.0 Å². The molecule has 7 heteroatoms. The van der Waals surface area contributed by atoms with Crippen LogP contribution in [0.3, 0.4) is 0 Å². The summed E-state index contributed by atoms with van der Waals surface area (Å²) in [7, 11) is 0. The summed E-state index contributed by atoms with van der Waals surface area (Å²) < 4.78 is 13.3. The maximum Gasteiger partial charge on any atom is 0.231 e. The molecule has 0 atom stereocenters. The number of para-hydroxylation sites is 2. The Labute approximate surface area is 204 Å². The van der Waals surface area contributed by atoms with E-state index in [1.807, 2.05) is 12.1 Å². The molecular weight excluding hydrogens is 448 g/mol. The lowest BCUT2D eigenvalue weighted by Gasteiger charge is -2.34. The first-order valence-electron chi connectivity index (χ1n) is 11.7. The molecule has 0 saturated carbocycles. The van der Waals surface area contributed by atoms with Crippen molar-refractivity contribution in [2.75, 3.05) is 33.0 Å². The maximum absolute atomic E-state index is 6.50. The van der Waals surface area contributed by atoms with Crippen LogP contribution in [0.1, 0.15) is 17.0 Å². The fraction of sp³-hybridized carbons (Fsp3) is 0.296. The summed E-state index contributed by atoms with van der Waals surface area (Å²) in [5.74, 6) is 2.64. The minimum atomic E-state index is 0.267. The summed E-state index contributed by atoms with van der Waals surface area (Å²) in [4.78, 5) is 9.95. The number of imidazole rings is 1. The first-order valence-corrected chi connectivity index (χ1v) is 12.1. The lowest BCUT2D eigenvalue weighted by molar-refractivity contribution is 0.119. The molecule has 4 aromatic rings. The van der Waals surface area contributed by atoms with Crippen LogP contribution in [0, 0.1) is 0 Å². The van der Waals surface area contributed by atoms with Crippen molar-refractivity contribution in [1.29, 1.82) is 0 Å². The van der Waals surface area contributed by atoms with Gasteiger partial charge in [-0.25, -0.2) is 4.98 Å². The number of aromatic nitrogens is 2. The van der Waals surface area contributed by atoms with Crippen molar-refractivity contribution in [2.45, 2.75) is 19.6 Å². The van der Waals surface area contributed by atoms with Crippen molar-refractivity contribution in [1.82, 2.24) is 19.4 Å². The number of fused-ring (bicyclic) bond motifs is 2. The van der Waals surface area contributed by atoms with Crippen LogP contribution in [0.5, 0.6) is 11.5 Å². The van der Waals surface area contributed by atoms with Gasteiger partial charge in [-0.15, -0.1) is 0 Å². The fourth-order valence-corrected chi connectivity index (χ4v) is 5.03. The van der Waals surface area contributed by atoms with Crippen LogP contribution in [0.15, 0.2) is 66.7 Å². The van der Waals surface area contributed by atoms with Gasteiger partial charge in [0.1, 0.15) is 5.82 Å². The Morgan fingerprint density at radius 2 is 1.44 bits per heavy atom. The standard InChI is InChI=1S/C27H27ClN4O2/c28-22-15-26-25(33-19-34-26)14-21(22)17-30-10-12-31(13-11-30)18-27-29-23-8-4-5-9-24(23)32(27)16-20-6-2-1-3-7-20/h1-9,14-15H,10-13,16-19H2. The molecule has 0 aliphatic carbocycles. The predicted octanol–water partition coefficient (Wildman–Crippen LogP) is 4.78. The van der Waals surface area contributed by atoms with Crippen LogP contribution >= 0.6 is 11.6 Å². The molecule has 6 rings (SSSR count). The maximum atomic E-state index is 6.50. The topological polar surface area (TPSA) is 42.8 Å². The van der Waals surface area contributed by atoms with E-state index >= 15 is 0 Å². The number of hydrogen-bond donors (Lipinski definition) is 0. The Kier molecular flexibility index (Phi) is 5.87. The van der Waals surface area contributed by atoms with Gasteiger partial charge in [0, 0.05) is 50.4 Å². The molecule has 0 bridgehead atoms. The minimum absolute atomic E-state index is 0.267. The van der Waals surface area contributed by atoms with Gasteiger partial charge in [-0.3, -0.25) is 9.80 Å². The van der Waals surface area contributed by atoms with Crippen LogP contribution in [-0.4, -0.2) is 52.3 Å². The van der Waals surface area contributed by atoms with E-state index < -0.39 is 0 Å². The summed E-state index contributed by atoms with van der Waals surface area (Å²) in [5, 5.41) is 0.737. The van der Waals surface area contributed by atoms with Crippen molar-refractivity contribution < 1.29 is 9.47 Å². The van der Waals surface area contributed by atoms with Crippen molar-refractivity contribution in [2.24, 2.45) is 0 Å². The number of rotatable bonds is 6. The van der Waals surface area contributed by atoms with Crippen LogP contribution in [0.25, 0.3) is 11.0 Å². The summed E-state index contributed by atoms with van der Waals surface area (Å²) in [6.45, 7) is 6.73. The molecule has 174 valence electrons. The summed E-state index contributed by atoms with van der Waals surface area (Å²) >= 11 is 6.50. The second-order valence-electron chi connectivity index (χ2n) is 8.94. The van der Waals surface area contributed by atoms with E-state index in [4.69, 9.17) is 26.1 Å². The Bertz CT molecular complexity index is 1300. The van der Waals surface area contributed by atoms with Gasteiger partial charge in [0.2, 0.25) is 6.79 Å². The van der Waals surface area contributed by atoms with E-state index in [2.05, 4.69) is 69.0 Å². The van der Waals surface area contributed by atoms with Gasteiger partial charge in [-0.2, -0.15) is 0 Å². The molecule has 2 aliphatic rings. The molecule has 0 amide bonds. The molecule has 0 radical (unpaired) electrons. The normalized spacial score (nSPS) is 16.4. The van der Waals surface area contributed by atoms with Gasteiger partial charge in [0.15, 0.2) is 11.5 Å². The number of halogens is 1. The molecule has 34 heavy (non-hydrogen) atoms. The van der Waals surface area contributed by atoms with Crippen LogP contribution in [0.4, 0.5) is 0 Å². The monoisotopic (exact) mass is 474 g/mol. The molecule has 0 spiro atoms. The van der Waals surface area contributed by atoms with Gasteiger partial charge in [0.25, 0.3) is 0 Å². The quantitative estimate of drug-likeness (QED) is 0.402. The highest BCUT2D eigenvalue weighted by Crippen LogP contribution is 2.37. The number of piperazine rings is 1. The SMILES string of the molecule is Clc1cc2c(cc1CN1CCN(Cc3nc4ccccc4n3Cc3ccccc3)CC1)OCO2. The Hall–Kier alpha value is -3.06. The average molecular weight is 475 g/mol. The zero-order chi connectivity index (χ0) is 22.9. The first-order chi connectivity index (χ1) is 16.7. The van der Waals surface area contributed by atoms with Gasteiger partial charge in [-0.05, 0) is 29.3 Å². The molecule has 6 nitrogen and oxygen atoms in total. The van der Waals surface area contributed by atoms with E-state index in [9.17, 15) is 0 Å². The van der Waals surface area contributed by atoms with E-state index in [1.165, 1.54) is 11.1 Å². The Balaban J connectivity index is 1.14. The van der Waals surface area contributed by atoms with Gasteiger partial charge in [-0.1, -0.05) is 54.1 Å². The van der Waals surface area contributed by atoms with Crippen LogP contribution < -0.4 is 9.47 Å². The van der Waals surface area contributed by atoms with Gasteiger partial charge >= 0.3 is 0 Å². The lowest BCUT2D eigenvalue weighted by Crippen LogP contribution is -2.45. The van der Waals surface area contributed by atoms with Gasteiger partial charge in [0.05, 0.1) is 17.6 Å². The highest BCUT2D eigenvalue weighted by molar-refractivity contribution is 6.31. The van der Waals surface area contributed by atoms with Crippen LogP contribution in [-0.2, 0) is 19.6 Å². The Morgan fingerprint density at radius 3 is 2.24 bits per heavy atom. The molecule has 3 aromatic carbocycles. The molecule has 0 N–H and O–H groups in total. The molecule has 1 aromatic heterocycles.